The second-order valence-corrected chi connectivity index (χ2v) is 8.99. The third kappa shape index (κ3) is 5.77. The van der Waals surface area contributed by atoms with Gasteiger partial charge in [0, 0.05) is 36.2 Å². The summed E-state index contributed by atoms with van der Waals surface area (Å²) in [6, 6.07) is 13.8. The summed E-state index contributed by atoms with van der Waals surface area (Å²) in [7, 11) is 0. The molecule has 0 saturated carbocycles. The number of halogens is 1. The normalized spacial score (nSPS) is 15.7. The average molecular weight is 493 g/mol. The lowest BCUT2D eigenvalue weighted by molar-refractivity contribution is 0.0663. The molecule has 1 aliphatic heterocycles. The quantitative estimate of drug-likeness (QED) is 0.363. The maximum absolute atomic E-state index is 13.3. The second kappa shape index (κ2) is 11.0. The van der Waals surface area contributed by atoms with Crippen LogP contribution < -0.4 is 10.3 Å². The van der Waals surface area contributed by atoms with Crippen molar-refractivity contribution in [2.75, 3.05) is 19.8 Å². The van der Waals surface area contributed by atoms with E-state index in [0.717, 1.165) is 41.7 Å². The van der Waals surface area contributed by atoms with Gasteiger partial charge in [-0.1, -0.05) is 12.1 Å². The number of hydrogen-bond acceptors (Lipinski definition) is 7. The molecule has 188 valence electrons. The van der Waals surface area contributed by atoms with Crippen LogP contribution in [-0.2, 0) is 24.4 Å². The average Bonchev–Trinajstić information content (AvgIpc) is 3.54. The lowest BCUT2D eigenvalue weighted by Crippen LogP contribution is -2.34. The van der Waals surface area contributed by atoms with E-state index in [4.69, 9.17) is 9.47 Å². The summed E-state index contributed by atoms with van der Waals surface area (Å²) in [6.45, 7) is 5.18. The van der Waals surface area contributed by atoms with E-state index in [9.17, 15) is 9.18 Å². The molecule has 0 radical (unpaired) electrons. The molecular weight excluding hydrogens is 463 g/mol. The molecule has 0 spiro atoms. The fraction of sp³-hybridized carbons (Fsp3) is 0.385. The van der Waals surface area contributed by atoms with Gasteiger partial charge in [0.15, 0.2) is 5.82 Å². The number of fused-ring (bicyclic) bond motifs is 1. The lowest BCUT2D eigenvalue weighted by atomic mass is 10.1. The van der Waals surface area contributed by atoms with Crippen molar-refractivity contribution in [3.8, 4) is 5.75 Å². The number of aromatic nitrogens is 5. The van der Waals surface area contributed by atoms with Crippen LogP contribution in [0.5, 0.6) is 5.75 Å². The Morgan fingerprint density at radius 2 is 2.06 bits per heavy atom. The van der Waals surface area contributed by atoms with E-state index >= 15 is 0 Å². The molecule has 36 heavy (non-hydrogen) atoms. The minimum absolute atomic E-state index is 0.0931. The summed E-state index contributed by atoms with van der Waals surface area (Å²) in [4.78, 5) is 18.1. The molecule has 1 aliphatic rings. The highest BCUT2D eigenvalue weighted by Crippen LogP contribution is 2.21. The van der Waals surface area contributed by atoms with Crippen LogP contribution in [0.15, 0.2) is 53.3 Å². The Kier molecular flexibility index (Phi) is 7.33. The van der Waals surface area contributed by atoms with E-state index in [1.165, 1.54) is 12.1 Å². The Balaban J connectivity index is 1.39. The number of benzene rings is 2. The smallest absolute Gasteiger partial charge is 0.252 e. The summed E-state index contributed by atoms with van der Waals surface area (Å²) >= 11 is 0. The van der Waals surface area contributed by atoms with Crippen LogP contribution in [0.3, 0.4) is 0 Å². The van der Waals surface area contributed by atoms with Gasteiger partial charge in [0.2, 0.25) is 0 Å². The van der Waals surface area contributed by atoms with E-state index in [1.54, 1.807) is 16.8 Å². The van der Waals surface area contributed by atoms with Gasteiger partial charge < -0.3 is 14.5 Å². The molecule has 2 aromatic heterocycles. The molecule has 10 heteroatoms. The van der Waals surface area contributed by atoms with Gasteiger partial charge >= 0.3 is 0 Å². The van der Waals surface area contributed by atoms with Crippen LogP contribution in [-0.4, -0.2) is 56.0 Å². The number of hydrogen-bond donors (Lipinski definition) is 1. The van der Waals surface area contributed by atoms with Gasteiger partial charge in [-0.05, 0) is 72.2 Å². The van der Waals surface area contributed by atoms with Crippen molar-refractivity contribution in [3.63, 3.8) is 0 Å². The Labute approximate surface area is 207 Å². The Morgan fingerprint density at radius 1 is 1.19 bits per heavy atom. The minimum Gasteiger partial charge on any atom is -0.494 e. The van der Waals surface area contributed by atoms with Gasteiger partial charge in [-0.2, -0.15) is 0 Å². The van der Waals surface area contributed by atoms with E-state index in [-0.39, 0.29) is 17.5 Å². The molecule has 1 saturated heterocycles. The molecule has 0 bridgehead atoms. The number of nitrogens with one attached hydrogen (secondary N) is 1. The molecule has 1 atom stereocenters. The fourth-order valence-electron chi connectivity index (χ4n) is 4.53. The number of rotatable bonds is 10. The van der Waals surface area contributed by atoms with E-state index in [0.29, 0.717) is 44.2 Å². The van der Waals surface area contributed by atoms with Gasteiger partial charge in [0.1, 0.15) is 11.6 Å². The van der Waals surface area contributed by atoms with Crippen molar-refractivity contribution in [2.45, 2.75) is 45.5 Å². The predicted molar refractivity (Wildman–Crippen MR) is 132 cm³/mol. The lowest BCUT2D eigenvalue weighted by Gasteiger charge is -2.24. The maximum Gasteiger partial charge on any atom is 0.252 e. The first-order chi connectivity index (χ1) is 17.6. The van der Waals surface area contributed by atoms with Crippen LogP contribution in [0, 0.1) is 5.82 Å². The number of tetrazole rings is 1. The zero-order chi connectivity index (χ0) is 24.9. The summed E-state index contributed by atoms with van der Waals surface area (Å²) < 4.78 is 26.5. The number of pyridine rings is 1. The monoisotopic (exact) mass is 492 g/mol. The van der Waals surface area contributed by atoms with E-state index < -0.39 is 0 Å². The highest BCUT2D eigenvalue weighted by Gasteiger charge is 2.22. The Morgan fingerprint density at radius 3 is 2.83 bits per heavy atom. The van der Waals surface area contributed by atoms with Crippen molar-refractivity contribution in [1.29, 1.82) is 0 Å². The van der Waals surface area contributed by atoms with Crippen LogP contribution in [0.2, 0.25) is 0 Å². The summed E-state index contributed by atoms with van der Waals surface area (Å²) in [5.74, 6) is 1.14. The van der Waals surface area contributed by atoms with Crippen LogP contribution in [0.25, 0.3) is 10.9 Å². The van der Waals surface area contributed by atoms with E-state index in [1.807, 2.05) is 31.2 Å². The SMILES string of the molecule is CCOc1ccc2[nH]c(=O)c(CN(Cc3nnnn3Cc3ccc(F)cc3)CC3CCCO3)cc2c1. The van der Waals surface area contributed by atoms with Crippen molar-refractivity contribution in [1.82, 2.24) is 30.1 Å². The van der Waals surface area contributed by atoms with Gasteiger partial charge in [-0.3, -0.25) is 9.69 Å². The van der Waals surface area contributed by atoms with Gasteiger partial charge in [0.25, 0.3) is 5.56 Å². The van der Waals surface area contributed by atoms with Crippen molar-refractivity contribution in [2.24, 2.45) is 0 Å². The maximum atomic E-state index is 13.3. The molecule has 1 N–H and O–H groups in total. The zero-order valence-corrected chi connectivity index (χ0v) is 20.2. The number of nitrogens with zero attached hydrogens (tertiary/aromatic N) is 5. The topological polar surface area (TPSA) is 98.2 Å². The zero-order valence-electron chi connectivity index (χ0n) is 20.2. The summed E-state index contributed by atoms with van der Waals surface area (Å²) in [5, 5.41) is 13.1. The highest BCUT2D eigenvalue weighted by molar-refractivity contribution is 5.80. The third-order valence-corrected chi connectivity index (χ3v) is 6.30. The molecule has 9 nitrogen and oxygen atoms in total. The summed E-state index contributed by atoms with van der Waals surface area (Å²) in [5.41, 5.74) is 2.18. The van der Waals surface area contributed by atoms with Crippen molar-refractivity contribution >= 4 is 10.9 Å². The van der Waals surface area contributed by atoms with Crippen molar-refractivity contribution < 1.29 is 13.9 Å². The molecular formula is C26H29FN6O3. The predicted octanol–water partition coefficient (Wildman–Crippen LogP) is 3.28. The van der Waals surface area contributed by atoms with Crippen molar-refractivity contribution in [3.05, 3.63) is 81.7 Å². The first-order valence-electron chi connectivity index (χ1n) is 12.2. The number of ether oxygens (including phenoxy) is 2. The Bertz CT molecular complexity index is 1360. The third-order valence-electron chi connectivity index (χ3n) is 6.30. The van der Waals surface area contributed by atoms with Gasteiger partial charge in [-0.25, -0.2) is 9.07 Å². The molecule has 1 unspecified atom stereocenters. The first-order valence-corrected chi connectivity index (χ1v) is 12.2. The molecule has 4 aromatic rings. The first kappa shape index (κ1) is 24.1. The largest absolute Gasteiger partial charge is 0.494 e. The standard InChI is InChI=1S/C26H29FN6O3/c1-2-35-22-9-10-24-19(13-22)12-20(26(34)28-24)15-32(16-23-4-3-11-36-23)17-25-29-30-31-33(25)14-18-5-7-21(27)8-6-18/h5-10,12-13,23H,2-4,11,14-17H2,1H3,(H,28,34). The molecule has 3 heterocycles. The fourth-order valence-corrected chi connectivity index (χ4v) is 4.53. The van der Waals surface area contributed by atoms with Crippen LogP contribution in [0.4, 0.5) is 4.39 Å². The Hall–Kier alpha value is -3.63. The number of aromatic amines is 1. The van der Waals surface area contributed by atoms with Crippen LogP contribution >= 0.6 is 0 Å². The summed E-state index contributed by atoms with van der Waals surface area (Å²) in [6.07, 6.45) is 2.09. The van der Waals surface area contributed by atoms with E-state index in [2.05, 4.69) is 25.4 Å². The minimum atomic E-state index is -0.285. The van der Waals surface area contributed by atoms with Crippen LogP contribution in [0.1, 0.15) is 36.7 Å². The molecule has 2 aromatic carbocycles. The molecule has 0 aliphatic carbocycles. The highest BCUT2D eigenvalue weighted by atomic mass is 19.1. The van der Waals surface area contributed by atoms with Gasteiger partial charge in [0.05, 0.1) is 25.8 Å². The second-order valence-electron chi connectivity index (χ2n) is 8.99. The number of H-pyrrole nitrogens is 1. The molecule has 0 amide bonds. The molecule has 1 fully saturated rings. The molecule has 5 rings (SSSR count). The van der Waals surface area contributed by atoms with Gasteiger partial charge in [-0.15, -0.1) is 5.10 Å².